The van der Waals surface area contributed by atoms with E-state index in [1.165, 1.54) is 25.9 Å². The molecule has 0 aromatic rings. The lowest BCUT2D eigenvalue weighted by Gasteiger charge is -2.38. The molecule has 0 radical (unpaired) electrons. The molecule has 0 aromatic heterocycles. The van der Waals surface area contributed by atoms with Gasteiger partial charge in [-0.25, -0.2) is 0 Å². The van der Waals surface area contributed by atoms with Crippen molar-refractivity contribution < 1.29 is 0 Å². The predicted octanol–water partition coefficient (Wildman–Crippen LogP) is 3.92. The van der Waals surface area contributed by atoms with Gasteiger partial charge >= 0.3 is 0 Å². The Hall–Kier alpha value is 0.440. The van der Waals surface area contributed by atoms with Crippen molar-refractivity contribution in [2.24, 2.45) is 11.3 Å². The lowest BCUT2D eigenvalue weighted by molar-refractivity contribution is 0.113. The molecule has 2 heteroatoms. The summed E-state index contributed by atoms with van der Waals surface area (Å²) in [6, 6.07) is 0. The largest absolute Gasteiger partial charge is 0.298 e. The molecule has 0 spiro atoms. The van der Waals surface area contributed by atoms with Crippen LogP contribution >= 0.6 is 15.9 Å². The fraction of sp³-hybridized carbons (Fsp3) is 1.00. The monoisotopic (exact) mass is 275 g/mol. The van der Waals surface area contributed by atoms with Crippen LogP contribution in [0.3, 0.4) is 0 Å². The van der Waals surface area contributed by atoms with Crippen LogP contribution in [0.25, 0.3) is 0 Å². The number of likely N-dealkylation sites (tertiary alicyclic amines) is 1. The minimum Gasteiger partial charge on any atom is -0.298 e. The lowest BCUT2D eigenvalue weighted by atomic mass is 9.81. The number of rotatable bonds is 3. The molecule has 1 unspecified atom stereocenters. The standard InChI is InChI=1S/C13H26BrN/c1-12(2,3)11(9-14)10-15-8-6-7-13(15,4)5/h11H,6-10H2,1-5H3. The fourth-order valence-corrected chi connectivity index (χ4v) is 3.50. The van der Waals surface area contributed by atoms with E-state index in [9.17, 15) is 0 Å². The zero-order valence-corrected chi connectivity index (χ0v) is 12.5. The molecule has 1 saturated heterocycles. The van der Waals surface area contributed by atoms with Crippen molar-refractivity contribution in [3.63, 3.8) is 0 Å². The van der Waals surface area contributed by atoms with E-state index in [-0.39, 0.29) is 0 Å². The lowest BCUT2D eigenvalue weighted by Crippen LogP contribution is -2.44. The van der Waals surface area contributed by atoms with Gasteiger partial charge in [0.15, 0.2) is 0 Å². The van der Waals surface area contributed by atoms with E-state index < -0.39 is 0 Å². The van der Waals surface area contributed by atoms with Crippen LogP contribution in [0.1, 0.15) is 47.5 Å². The maximum Gasteiger partial charge on any atom is 0.0153 e. The molecule has 1 rings (SSSR count). The first-order valence-corrected chi connectivity index (χ1v) is 7.20. The SMILES string of the molecule is CC(C)(C)C(CBr)CN1CCCC1(C)C. The maximum atomic E-state index is 3.67. The van der Waals surface area contributed by atoms with Crippen LogP contribution in [-0.4, -0.2) is 28.9 Å². The molecular formula is C13H26BrN. The number of hydrogen-bond donors (Lipinski definition) is 0. The highest BCUT2D eigenvalue weighted by atomic mass is 79.9. The van der Waals surface area contributed by atoms with Crippen LogP contribution in [-0.2, 0) is 0 Å². The van der Waals surface area contributed by atoms with Crippen molar-refractivity contribution in [1.82, 2.24) is 4.90 Å². The van der Waals surface area contributed by atoms with Crippen molar-refractivity contribution in [3.8, 4) is 0 Å². The second-order valence-electron chi connectivity index (χ2n) is 6.58. The van der Waals surface area contributed by atoms with Gasteiger partial charge in [0.25, 0.3) is 0 Å². The minimum atomic E-state index is 0.405. The smallest absolute Gasteiger partial charge is 0.0153 e. The van der Waals surface area contributed by atoms with Crippen molar-refractivity contribution in [3.05, 3.63) is 0 Å². The highest BCUT2D eigenvalue weighted by Crippen LogP contribution is 2.34. The van der Waals surface area contributed by atoms with Crippen LogP contribution < -0.4 is 0 Å². The van der Waals surface area contributed by atoms with Crippen LogP contribution in [0, 0.1) is 11.3 Å². The molecular weight excluding hydrogens is 250 g/mol. The summed E-state index contributed by atoms with van der Waals surface area (Å²) >= 11 is 3.67. The van der Waals surface area contributed by atoms with E-state index in [2.05, 4.69) is 55.4 Å². The van der Waals surface area contributed by atoms with Crippen LogP contribution in [0.2, 0.25) is 0 Å². The highest BCUT2D eigenvalue weighted by Gasteiger charge is 2.35. The van der Waals surface area contributed by atoms with E-state index >= 15 is 0 Å². The van der Waals surface area contributed by atoms with Crippen molar-refractivity contribution >= 4 is 15.9 Å². The Morgan fingerprint density at radius 3 is 2.27 bits per heavy atom. The zero-order chi connectivity index (χ0) is 11.7. The third-order valence-electron chi connectivity index (χ3n) is 3.92. The topological polar surface area (TPSA) is 3.24 Å². The fourth-order valence-electron chi connectivity index (χ4n) is 2.32. The molecule has 1 nitrogen and oxygen atoms in total. The van der Waals surface area contributed by atoms with Gasteiger partial charge in [0.1, 0.15) is 0 Å². The maximum absolute atomic E-state index is 3.67. The Morgan fingerprint density at radius 1 is 1.33 bits per heavy atom. The summed E-state index contributed by atoms with van der Waals surface area (Å²) in [4.78, 5) is 2.67. The third-order valence-corrected chi connectivity index (χ3v) is 4.71. The summed E-state index contributed by atoms with van der Waals surface area (Å²) in [5.41, 5.74) is 0.827. The van der Waals surface area contributed by atoms with Gasteiger partial charge in [0.05, 0.1) is 0 Å². The molecule has 0 amide bonds. The summed E-state index contributed by atoms with van der Waals surface area (Å²) in [6.07, 6.45) is 2.72. The van der Waals surface area contributed by atoms with E-state index in [4.69, 9.17) is 0 Å². The summed E-state index contributed by atoms with van der Waals surface area (Å²) in [5.74, 6) is 0.745. The van der Waals surface area contributed by atoms with Crippen LogP contribution in [0.15, 0.2) is 0 Å². The van der Waals surface area contributed by atoms with Gasteiger partial charge < -0.3 is 0 Å². The normalized spacial score (nSPS) is 24.4. The summed E-state index contributed by atoms with van der Waals surface area (Å²) in [5, 5.41) is 1.11. The van der Waals surface area contributed by atoms with Gasteiger partial charge in [0, 0.05) is 17.4 Å². The molecule has 0 N–H and O–H groups in total. The molecule has 1 heterocycles. The van der Waals surface area contributed by atoms with Crippen molar-refractivity contribution in [1.29, 1.82) is 0 Å². The molecule has 1 fully saturated rings. The van der Waals surface area contributed by atoms with Crippen LogP contribution in [0.4, 0.5) is 0 Å². The van der Waals surface area contributed by atoms with Crippen LogP contribution in [0.5, 0.6) is 0 Å². The average molecular weight is 276 g/mol. The molecule has 90 valence electrons. The molecule has 1 aliphatic rings. The van der Waals surface area contributed by atoms with E-state index in [1.54, 1.807) is 0 Å². The summed E-state index contributed by atoms with van der Waals surface area (Å²) < 4.78 is 0. The number of nitrogens with zero attached hydrogens (tertiary/aromatic N) is 1. The van der Waals surface area contributed by atoms with E-state index in [1.807, 2.05) is 0 Å². The second-order valence-corrected chi connectivity index (χ2v) is 7.23. The Kier molecular flexibility index (Phi) is 4.27. The van der Waals surface area contributed by atoms with Gasteiger partial charge in [-0.15, -0.1) is 0 Å². The highest BCUT2D eigenvalue weighted by molar-refractivity contribution is 9.09. The molecule has 0 aliphatic carbocycles. The van der Waals surface area contributed by atoms with Crippen molar-refractivity contribution in [2.75, 3.05) is 18.4 Å². The molecule has 0 aromatic carbocycles. The Balaban J connectivity index is 2.60. The quantitative estimate of drug-likeness (QED) is 0.706. The first-order chi connectivity index (χ1) is 6.77. The summed E-state index contributed by atoms with van der Waals surface area (Å²) in [6.45, 7) is 14.3. The third kappa shape index (κ3) is 3.45. The van der Waals surface area contributed by atoms with Gasteiger partial charge in [0.2, 0.25) is 0 Å². The second kappa shape index (κ2) is 4.75. The first kappa shape index (κ1) is 13.5. The summed E-state index contributed by atoms with van der Waals surface area (Å²) in [7, 11) is 0. The van der Waals surface area contributed by atoms with Gasteiger partial charge in [-0.05, 0) is 44.6 Å². The first-order valence-electron chi connectivity index (χ1n) is 6.08. The molecule has 0 saturated carbocycles. The number of alkyl halides is 1. The Labute approximate surface area is 104 Å². The average Bonchev–Trinajstić information content (AvgIpc) is 2.39. The number of hydrogen-bond acceptors (Lipinski definition) is 1. The van der Waals surface area contributed by atoms with Gasteiger partial charge in [-0.1, -0.05) is 36.7 Å². The molecule has 1 aliphatic heterocycles. The molecule has 1 atom stereocenters. The van der Waals surface area contributed by atoms with E-state index in [0.29, 0.717) is 11.0 Å². The Morgan fingerprint density at radius 2 is 1.93 bits per heavy atom. The van der Waals surface area contributed by atoms with E-state index in [0.717, 1.165) is 11.2 Å². The molecule has 15 heavy (non-hydrogen) atoms. The predicted molar refractivity (Wildman–Crippen MR) is 71.6 cm³/mol. The van der Waals surface area contributed by atoms with Crippen molar-refractivity contribution in [2.45, 2.75) is 53.0 Å². The number of halogens is 1. The van der Waals surface area contributed by atoms with Gasteiger partial charge in [-0.2, -0.15) is 0 Å². The van der Waals surface area contributed by atoms with Gasteiger partial charge in [-0.3, -0.25) is 4.90 Å². The minimum absolute atomic E-state index is 0.405. The Bertz CT molecular complexity index is 205. The zero-order valence-electron chi connectivity index (χ0n) is 10.9. The molecule has 0 bridgehead atoms.